The lowest BCUT2D eigenvalue weighted by atomic mass is 10.1. The minimum atomic E-state index is 0.744. The maximum absolute atomic E-state index is 2.36. The summed E-state index contributed by atoms with van der Waals surface area (Å²) in [4.78, 5) is 0. The van der Waals surface area contributed by atoms with E-state index in [9.17, 15) is 0 Å². The van der Waals surface area contributed by atoms with E-state index in [0.717, 1.165) is 16.1 Å². The van der Waals surface area contributed by atoms with Gasteiger partial charge in [-0.2, -0.15) is 0 Å². The number of rotatable bonds is 5. The van der Waals surface area contributed by atoms with Gasteiger partial charge >= 0.3 is 0 Å². The van der Waals surface area contributed by atoms with E-state index in [0.29, 0.717) is 0 Å². The Bertz CT molecular complexity index is 221. The molecule has 0 saturated carbocycles. The molecule has 0 aromatic carbocycles. The molecule has 0 nitrogen and oxygen atoms in total. The van der Waals surface area contributed by atoms with E-state index in [2.05, 4.69) is 39.0 Å². The third-order valence-electron chi connectivity index (χ3n) is 3.11. The topological polar surface area (TPSA) is 0 Å². The van der Waals surface area contributed by atoms with E-state index < -0.39 is 0 Å². The molecule has 1 aliphatic rings. The molecule has 0 bridgehead atoms. The summed E-state index contributed by atoms with van der Waals surface area (Å²) in [6, 6.07) is 0. The van der Waals surface area contributed by atoms with Crippen molar-refractivity contribution < 1.29 is 0 Å². The Kier molecular flexibility index (Phi) is 6.16. The van der Waals surface area contributed by atoms with Crippen LogP contribution >= 0.6 is 0 Å². The Hall–Kier alpha value is -0.170. The largest absolute Gasteiger partial charge is 0.121 e. The van der Waals surface area contributed by atoms with Crippen molar-refractivity contribution in [2.45, 2.75) is 51.7 Å². The normalized spacial score (nSPS) is 21.4. The Morgan fingerprint density at radius 2 is 2.00 bits per heavy atom. The van der Waals surface area contributed by atoms with Gasteiger partial charge in [-0.1, -0.05) is 30.7 Å². The van der Waals surface area contributed by atoms with Gasteiger partial charge in [0.05, 0.1) is 0 Å². The quantitative estimate of drug-likeness (QED) is 0.488. The van der Waals surface area contributed by atoms with Crippen LogP contribution in [-0.4, -0.2) is 16.8 Å². The molecular weight excluding hydrogens is 200 g/mol. The van der Waals surface area contributed by atoms with Gasteiger partial charge in [-0.25, -0.2) is 0 Å². The predicted octanol–water partition coefficient (Wildman–Crippen LogP) is 4.09. The molecule has 1 heteroatoms. The van der Waals surface area contributed by atoms with Crippen LogP contribution < -0.4 is 0 Å². The van der Waals surface area contributed by atoms with Crippen molar-refractivity contribution >= 4 is 10.9 Å². The maximum Gasteiger partial charge on any atom is 0.121 e. The molecule has 0 N–H and O–H groups in total. The van der Waals surface area contributed by atoms with Crippen LogP contribution in [0.5, 0.6) is 0 Å². The van der Waals surface area contributed by atoms with Gasteiger partial charge in [0.25, 0.3) is 0 Å². The zero-order valence-electron chi connectivity index (χ0n) is 10.5. The van der Waals surface area contributed by atoms with Gasteiger partial charge in [0.15, 0.2) is 0 Å². The first-order valence-electron chi connectivity index (χ1n) is 6.22. The molecule has 0 spiro atoms. The van der Waals surface area contributed by atoms with Gasteiger partial charge in [0, 0.05) is 6.42 Å². The van der Waals surface area contributed by atoms with E-state index in [1.165, 1.54) is 37.2 Å². The number of allylic oxidation sites excluding steroid dienone is 4. The Morgan fingerprint density at radius 3 is 2.53 bits per heavy atom. The number of hydrogen-bond acceptors (Lipinski definition) is 0. The molecule has 1 saturated heterocycles. The van der Waals surface area contributed by atoms with Crippen LogP contribution in [0.2, 0.25) is 0 Å². The van der Waals surface area contributed by atoms with E-state index in [1.54, 1.807) is 5.57 Å². The molecule has 0 radical (unpaired) electrons. The summed E-state index contributed by atoms with van der Waals surface area (Å²) in [5, 5.41) is 0.967. The zero-order chi connectivity index (χ0) is 11.1. The molecule has 1 aliphatic heterocycles. The zero-order valence-corrected chi connectivity index (χ0v) is 11.3. The van der Waals surface area contributed by atoms with Crippen molar-refractivity contribution in [1.82, 2.24) is 0 Å². The Morgan fingerprint density at radius 1 is 1.33 bits per heavy atom. The first kappa shape index (κ1) is 12.9. The standard InChI is InChI=1S/C14H25S/c1-4-6-9-13(3)12-14(5-2)15-10-7-8-11-15/h4,6,9,14H,5,7-8,10-12H2,1-3H3/q+1/b6-4-,13-9-. The van der Waals surface area contributed by atoms with Crippen LogP contribution in [0.3, 0.4) is 0 Å². The second kappa shape index (κ2) is 7.16. The van der Waals surface area contributed by atoms with Crippen LogP contribution in [0.25, 0.3) is 0 Å². The SMILES string of the molecule is C/C=C\C=C(\C)CC(CC)[S+]1CCCC1. The summed E-state index contributed by atoms with van der Waals surface area (Å²) in [6.45, 7) is 6.72. The molecule has 1 atom stereocenters. The summed E-state index contributed by atoms with van der Waals surface area (Å²) in [5.41, 5.74) is 1.55. The van der Waals surface area contributed by atoms with Gasteiger partial charge < -0.3 is 0 Å². The highest BCUT2D eigenvalue weighted by atomic mass is 32.2. The van der Waals surface area contributed by atoms with E-state index >= 15 is 0 Å². The van der Waals surface area contributed by atoms with Gasteiger partial charge in [-0.15, -0.1) is 0 Å². The van der Waals surface area contributed by atoms with Crippen LogP contribution in [0.15, 0.2) is 23.8 Å². The van der Waals surface area contributed by atoms with Crippen molar-refractivity contribution in [2.24, 2.45) is 0 Å². The average Bonchev–Trinajstić information content (AvgIpc) is 2.76. The monoisotopic (exact) mass is 225 g/mol. The van der Waals surface area contributed by atoms with Gasteiger partial charge in [-0.05, 0) is 44.0 Å². The highest BCUT2D eigenvalue weighted by Crippen LogP contribution is 2.25. The van der Waals surface area contributed by atoms with E-state index in [4.69, 9.17) is 0 Å². The van der Waals surface area contributed by atoms with Crippen LogP contribution in [0, 0.1) is 0 Å². The predicted molar refractivity (Wildman–Crippen MR) is 73.6 cm³/mol. The fourth-order valence-electron chi connectivity index (χ4n) is 2.20. The first-order valence-corrected chi connectivity index (χ1v) is 7.85. The molecule has 0 amide bonds. The highest BCUT2D eigenvalue weighted by Gasteiger charge is 2.32. The summed E-state index contributed by atoms with van der Waals surface area (Å²) >= 11 is 0. The Labute approximate surface area is 98.2 Å². The van der Waals surface area contributed by atoms with Crippen molar-refractivity contribution in [3.8, 4) is 0 Å². The first-order chi connectivity index (χ1) is 7.27. The van der Waals surface area contributed by atoms with Crippen LogP contribution in [0.4, 0.5) is 0 Å². The lowest BCUT2D eigenvalue weighted by Crippen LogP contribution is -2.22. The summed E-state index contributed by atoms with van der Waals surface area (Å²) < 4.78 is 0. The molecule has 1 heterocycles. The van der Waals surface area contributed by atoms with Gasteiger partial charge in [-0.3, -0.25) is 0 Å². The Balaban J connectivity index is 2.45. The number of hydrogen-bond donors (Lipinski definition) is 0. The minimum absolute atomic E-state index is 0.744. The molecule has 0 aromatic heterocycles. The van der Waals surface area contributed by atoms with Crippen LogP contribution in [0.1, 0.15) is 46.5 Å². The second-order valence-electron chi connectivity index (χ2n) is 4.43. The fraction of sp³-hybridized carbons (Fsp3) is 0.714. The molecule has 1 rings (SSSR count). The minimum Gasteiger partial charge on any atom is -0.0877 e. The van der Waals surface area contributed by atoms with E-state index in [-0.39, 0.29) is 0 Å². The lowest BCUT2D eigenvalue weighted by molar-refractivity contribution is 0.800. The lowest BCUT2D eigenvalue weighted by Gasteiger charge is -2.14. The molecule has 15 heavy (non-hydrogen) atoms. The fourth-order valence-corrected chi connectivity index (χ4v) is 5.19. The average molecular weight is 225 g/mol. The van der Waals surface area contributed by atoms with Gasteiger partial charge in [0.2, 0.25) is 0 Å². The third-order valence-corrected chi connectivity index (χ3v) is 6.18. The summed E-state index contributed by atoms with van der Waals surface area (Å²) in [5.74, 6) is 3.02. The van der Waals surface area contributed by atoms with Crippen molar-refractivity contribution in [3.63, 3.8) is 0 Å². The maximum atomic E-state index is 2.36. The molecular formula is C14H25S+. The summed E-state index contributed by atoms with van der Waals surface area (Å²) in [6.07, 6.45) is 12.2. The molecule has 0 aromatic rings. The second-order valence-corrected chi connectivity index (χ2v) is 6.98. The molecule has 0 aliphatic carbocycles. The molecule has 86 valence electrons. The van der Waals surface area contributed by atoms with Crippen molar-refractivity contribution in [2.75, 3.05) is 11.5 Å². The highest BCUT2D eigenvalue weighted by molar-refractivity contribution is 7.97. The van der Waals surface area contributed by atoms with Gasteiger partial charge in [0.1, 0.15) is 16.8 Å². The van der Waals surface area contributed by atoms with Crippen molar-refractivity contribution in [1.29, 1.82) is 0 Å². The van der Waals surface area contributed by atoms with Crippen molar-refractivity contribution in [3.05, 3.63) is 23.8 Å². The summed E-state index contributed by atoms with van der Waals surface area (Å²) in [7, 11) is 0.744. The molecule has 1 fully saturated rings. The molecule has 1 unspecified atom stereocenters. The van der Waals surface area contributed by atoms with E-state index in [1.807, 2.05) is 0 Å². The van der Waals surface area contributed by atoms with Crippen LogP contribution in [-0.2, 0) is 10.9 Å². The third kappa shape index (κ3) is 4.46. The smallest absolute Gasteiger partial charge is 0.0877 e.